The summed E-state index contributed by atoms with van der Waals surface area (Å²) in [6.45, 7) is 2.72. The van der Waals surface area contributed by atoms with Gasteiger partial charge in [0.15, 0.2) is 0 Å². The van der Waals surface area contributed by atoms with Gasteiger partial charge in [-0.25, -0.2) is 4.98 Å². The number of nitrogens with one attached hydrogen (secondary N) is 1. The Hall–Kier alpha value is -2.55. The van der Waals surface area contributed by atoms with E-state index in [1.54, 1.807) is 25.3 Å². The van der Waals surface area contributed by atoms with Gasteiger partial charge in [0, 0.05) is 31.7 Å². The number of benzene rings is 1. The molecule has 0 aliphatic carbocycles. The third-order valence-electron chi connectivity index (χ3n) is 6.25. The molecule has 2 saturated heterocycles. The summed E-state index contributed by atoms with van der Waals surface area (Å²) in [5.41, 5.74) is 1.53. The molecule has 1 N–H and O–H groups in total. The minimum Gasteiger partial charge on any atom is -0.481 e. The zero-order valence-electron chi connectivity index (χ0n) is 18.3. The summed E-state index contributed by atoms with van der Waals surface area (Å²) in [5, 5.41) is 4.03. The summed E-state index contributed by atoms with van der Waals surface area (Å²) in [6, 6.07) is 9.29. The summed E-state index contributed by atoms with van der Waals surface area (Å²) in [5.74, 6) is 2.02. The number of rotatable bonds is 5. The summed E-state index contributed by atoms with van der Waals surface area (Å²) in [7, 11) is 1.59. The van der Waals surface area contributed by atoms with E-state index in [2.05, 4.69) is 15.2 Å². The van der Waals surface area contributed by atoms with Crippen LogP contribution in [-0.4, -0.2) is 59.9 Å². The van der Waals surface area contributed by atoms with Gasteiger partial charge in [-0.15, -0.1) is 0 Å². The van der Waals surface area contributed by atoms with E-state index in [0.717, 1.165) is 36.2 Å². The molecule has 2 aliphatic rings. The molecular formula is C23H25Cl2N5O3. The number of piperidine rings is 1. The zero-order valence-corrected chi connectivity index (χ0v) is 19.8. The number of ether oxygens (including phenoxy) is 2. The third-order valence-corrected chi connectivity index (χ3v) is 6.97. The smallest absolute Gasteiger partial charge is 0.223 e. The van der Waals surface area contributed by atoms with Crippen molar-refractivity contribution < 1.29 is 14.3 Å². The van der Waals surface area contributed by atoms with Crippen LogP contribution in [0.5, 0.6) is 5.88 Å². The van der Waals surface area contributed by atoms with Gasteiger partial charge in [0.2, 0.25) is 17.7 Å². The molecule has 0 radical (unpaired) electrons. The molecule has 33 heavy (non-hydrogen) atoms. The summed E-state index contributed by atoms with van der Waals surface area (Å²) < 4.78 is 12.7. The van der Waals surface area contributed by atoms with E-state index < -0.39 is 0 Å². The van der Waals surface area contributed by atoms with Crippen LogP contribution < -0.4 is 15.0 Å². The van der Waals surface area contributed by atoms with Gasteiger partial charge >= 0.3 is 0 Å². The van der Waals surface area contributed by atoms with Crippen LogP contribution in [0.3, 0.4) is 0 Å². The lowest BCUT2D eigenvalue weighted by Crippen LogP contribution is -2.44. The topological polar surface area (TPSA) is 81.5 Å². The summed E-state index contributed by atoms with van der Waals surface area (Å²) >= 11 is 12.6. The van der Waals surface area contributed by atoms with E-state index in [1.807, 2.05) is 16.7 Å². The van der Waals surface area contributed by atoms with Crippen molar-refractivity contribution in [2.24, 2.45) is 5.92 Å². The first-order chi connectivity index (χ1) is 16.0. The van der Waals surface area contributed by atoms with Gasteiger partial charge < -0.3 is 19.7 Å². The molecule has 174 valence electrons. The van der Waals surface area contributed by atoms with Gasteiger partial charge in [-0.2, -0.15) is 4.98 Å². The van der Waals surface area contributed by atoms with E-state index in [1.165, 1.54) is 0 Å². The van der Waals surface area contributed by atoms with E-state index in [-0.39, 0.29) is 17.9 Å². The molecule has 8 nitrogen and oxygen atoms in total. The van der Waals surface area contributed by atoms with Gasteiger partial charge in [0.1, 0.15) is 5.82 Å². The molecule has 1 atom stereocenters. The number of amides is 1. The van der Waals surface area contributed by atoms with Crippen LogP contribution in [0.2, 0.25) is 10.0 Å². The van der Waals surface area contributed by atoms with Crippen molar-refractivity contribution in [1.29, 1.82) is 0 Å². The van der Waals surface area contributed by atoms with Crippen LogP contribution in [0.15, 0.2) is 30.3 Å². The van der Waals surface area contributed by atoms with Crippen molar-refractivity contribution in [3.8, 4) is 11.7 Å². The molecule has 0 bridgehead atoms. The fourth-order valence-electron chi connectivity index (χ4n) is 4.45. The highest BCUT2D eigenvalue weighted by molar-refractivity contribution is 6.42. The number of imidazole rings is 1. The normalized spacial score (nSPS) is 19.2. The number of pyridine rings is 1. The Morgan fingerprint density at radius 2 is 1.94 bits per heavy atom. The Morgan fingerprint density at radius 3 is 2.67 bits per heavy atom. The SMILES string of the molecule is COc1cccc(-n2c(N3CCC(C(=O)N[C@@H]4CCOC4)CC3)nc3cc(Cl)c(Cl)cc32)n1. The lowest BCUT2D eigenvalue weighted by atomic mass is 9.95. The van der Waals surface area contributed by atoms with Crippen LogP contribution in [0, 0.1) is 5.92 Å². The van der Waals surface area contributed by atoms with E-state index in [0.29, 0.717) is 48.0 Å². The highest BCUT2D eigenvalue weighted by Crippen LogP contribution is 2.34. The van der Waals surface area contributed by atoms with Gasteiger partial charge in [-0.05, 0) is 37.5 Å². The number of fused-ring (bicyclic) bond motifs is 1. The number of anilines is 1. The van der Waals surface area contributed by atoms with Crippen LogP contribution in [-0.2, 0) is 9.53 Å². The maximum absolute atomic E-state index is 12.7. The number of carbonyl (C=O) groups excluding carboxylic acids is 1. The maximum Gasteiger partial charge on any atom is 0.223 e. The first kappa shape index (κ1) is 22.3. The number of hydrogen-bond donors (Lipinski definition) is 1. The Kier molecular flexibility index (Phi) is 6.32. The molecule has 2 fully saturated rings. The zero-order chi connectivity index (χ0) is 22.9. The van der Waals surface area contributed by atoms with Gasteiger partial charge in [-0.3, -0.25) is 9.36 Å². The maximum atomic E-state index is 12.7. The van der Waals surface area contributed by atoms with Crippen molar-refractivity contribution in [3.63, 3.8) is 0 Å². The van der Waals surface area contributed by atoms with Crippen molar-refractivity contribution in [2.75, 3.05) is 38.3 Å². The average Bonchev–Trinajstić information content (AvgIpc) is 3.47. The van der Waals surface area contributed by atoms with Crippen molar-refractivity contribution in [3.05, 3.63) is 40.4 Å². The molecular weight excluding hydrogens is 465 g/mol. The first-order valence-corrected chi connectivity index (χ1v) is 11.8. The molecule has 2 aromatic heterocycles. The highest BCUT2D eigenvalue weighted by Gasteiger charge is 2.30. The molecule has 5 rings (SSSR count). The molecule has 0 unspecified atom stereocenters. The first-order valence-electron chi connectivity index (χ1n) is 11.1. The Labute approximate surface area is 201 Å². The molecule has 10 heteroatoms. The predicted molar refractivity (Wildman–Crippen MR) is 128 cm³/mol. The van der Waals surface area contributed by atoms with Gasteiger partial charge in [0.25, 0.3) is 0 Å². The van der Waals surface area contributed by atoms with E-state index in [4.69, 9.17) is 37.7 Å². The number of hydrogen-bond acceptors (Lipinski definition) is 6. The fourth-order valence-corrected chi connectivity index (χ4v) is 4.76. The lowest BCUT2D eigenvalue weighted by Gasteiger charge is -2.32. The van der Waals surface area contributed by atoms with Crippen molar-refractivity contribution in [2.45, 2.75) is 25.3 Å². The molecule has 2 aliphatic heterocycles. The van der Waals surface area contributed by atoms with Crippen molar-refractivity contribution >= 4 is 46.1 Å². The second-order valence-electron chi connectivity index (χ2n) is 8.37. The molecule has 0 spiro atoms. The molecule has 1 aromatic carbocycles. The Morgan fingerprint density at radius 1 is 1.15 bits per heavy atom. The van der Waals surface area contributed by atoms with E-state index >= 15 is 0 Å². The molecule has 0 saturated carbocycles. The van der Waals surface area contributed by atoms with Crippen LogP contribution in [0.4, 0.5) is 5.95 Å². The predicted octanol–water partition coefficient (Wildman–Crippen LogP) is 3.86. The number of nitrogens with zero attached hydrogens (tertiary/aromatic N) is 4. The van der Waals surface area contributed by atoms with Crippen LogP contribution in [0.25, 0.3) is 16.9 Å². The van der Waals surface area contributed by atoms with Crippen LogP contribution >= 0.6 is 23.2 Å². The standard InChI is InChI=1S/C23H25Cl2N5O3/c1-32-21-4-2-3-20(28-21)30-19-12-17(25)16(24)11-18(19)27-23(30)29-8-5-14(6-9-29)22(31)26-15-7-10-33-13-15/h2-4,11-12,14-15H,5-10,13H2,1H3,(H,26,31)/t15-/m1/s1. The van der Waals surface area contributed by atoms with Crippen molar-refractivity contribution in [1.82, 2.24) is 19.9 Å². The third kappa shape index (κ3) is 4.47. The minimum atomic E-state index is -0.0153. The highest BCUT2D eigenvalue weighted by atomic mass is 35.5. The largest absolute Gasteiger partial charge is 0.481 e. The average molecular weight is 490 g/mol. The summed E-state index contributed by atoms with van der Waals surface area (Å²) in [4.78, 5) is 24.4. The van der Waals surface area contributed by atoms with Gasteiger partial charge in [0.05, 0.1) is 40.8 Å². The second kappa shape index (κ2) is 9.37. The van der Waals surface area contributed by atoms with Crippen LogP contribution in [0.1, 0.15) is 19.3 Å². The van der Waals surface area contributed by atoms with E-state index in [9.17, 15) is 4.79 Å². The lowest BCUT2D eigenvalue weighted by molar-refractivity contribution is -0.126. The molecule has 1 amide bonds. The monoisotopic (exact) mass is 489 g/mol. The Balaban J connectivity index is 1.43. The van der Waals surface area contributed by atoms with Gasteiger partial charge in [-0.1, -0.05) is 29.3 Å². The Bertz CT molecular complexity index is 1170. The number of aromatic nitrogens is 3. The number of carbonyl (C=O) groups is 1. The minimum absolute atomic E-state index is 0.0153. The molecule has 3 aromatic rings. The summed E-state index contributed by atoms with van der Waals surface area (Å²) in [6.07, 6.45) is 2.37. The molecule has 4 heterocycles. The number of halogens is 2. The fraction of sp³-hybridized carbons (Fsp3) is 0.435. The quantitative estimate of drug-likeness (QED) is 0.585. The second-order valence-corrected chi connectivity index (χ2v) is 9.19. The number of methoxy groups -OCH3 is 1.